The average Bonchev–Trinajstić information content (AvgIpc) is 2.89. The van der Waals surface area contributed by atoms with E-state index in [1.54, 1.807) is 32.0 Å². The molecule has 10 nitrogen and oxygen atoms in total. The number of nitro groups is 1. The number of hydrogen-bond donors (Lipinski definition) is 1. The fraction of sp³-hybridized carbons (Fsp3) is 0.355. The summed E-state index contributed by atoms with van der Waals surface area (Å²) in [5.74, 6) is 0.945. The van der Waals surface area contributed by atoms with Crippen LogP contribution in [0.5, 0.6) is 23.0 Å². The number of nitrogens with zero attached hydrogens (tertiary/aromatic N) is 1. The van der Waals surface area contributed by atoms with E-state index in [1.165, 1.54) is 32.4 Å². The average molecular weight is 597 g/mol. The lowest BCUT2D eigenvalue weighted by atomic mass is 9.85. The van der Waals surface area contributed by atoms with Crippen molar-refractivity contribution in [3.05, 3.63) is 75.8 Å². The molecule has 0 saturated heterocycles. The van der Waals surface area contributed by atoms with Gasteiger partial charge in [0.05, 0.1) is 36.5 Å². The molecule has 0 amide bonds. The van der Waals surface area contributed by atoms with Crippen molar-refractivity contribution in [2.24, 2.45) is 5.92 Å². The lowest BCUT2D eigenvalue weighted by Crippen LogP contribution is -2.32. The Labute approximate surface area is 246 Å². The predicted molar refractivity (Wildman–Crippen MR) is 163 cm³/mol. The molecule has 0 unspecified atom stereocenters. The molecule has 0 aliphatic carbocycles. The lowest BCUT2D eigenvalue weighted by Gasteiger charge is -2.33. The molecule has 0 radical (unpaired) electrons. The summed E-state index contributed by atoms with van der Waals surface area (Å²) in [4.78, 5) is 10.9. The molecule has 1 aliphatic heterocycles. The van der Waals surface area contributed by atoms with Crippen LogP contribution in [0.1, 0.15) is 45.7 Å². The molecule has 3 aromatic rings. The van der Waals surface area contributed by atoms with Gasteiger partial charge in [0.25, 0.3) is 5.69 Å². The van der Waals surface area contributed by atoms with Crippen LogP contribution >= 0.6 is 0 Å². The number of nitrogens with one attached hydrogen (secondary N) is 1. The quantitative estimate of drug-likeness (QED) is 0.144. The molecule has 0 fully saturated rings. The molecular weight excluding hydrogens is 560 g/mol. The van der Waals surface area contributed by atoms with Crippen molar-refractivity contribution in [1.82, 2.24) is 0 Å². The van der Waals surface area contributed by atoms with Gasteiger partial charge in [-0.3, -0.25) is 10.1 Å². The van der Waals surface area contributed by atoms with Crippen LogP contribution < -0.4 is 23.7 Å². The molecule has 1 N–H and O–H groups in total. The molecule has 3 aromatic carbocycles. The van der Waals surface area contributed by atoms with E-state index in [9.17, 15) is 18.5 Å². The minimum Gasteiger partial charge on any atom is -0.496 e. The van der Waals surface area contributed by atoms with E-state index in [4.69, 9.17) is 18.4 Å². The molecule has 224 valence electrons. The summed E-state index contributed by atoms with van der Waals surface area (Å²) in [6.07, 6.45) is 2.13. The van der Waals surface area contributed by atoms with E-state index in [-0.39, 0.29) is 41.0 Å². The van der Waals surface area contributed by atoms with Gasteiger partial charge in [-0.15, -0.1) is 0 Å². The van der Waals surface area contributed by atoms with E-state index in [2.05, 4.69) is 25.2 Å². The molecule has 11 heteroatoms. The van der Waals surface area contributed by atoms with Crippen molar-refractivity contribution in [3.8, 4) is 34.1 Å². The zero-order valence-corrected chi connectivity index (χ0v) is 25.6. The Morgan fingerprint density at radius 1 is 0.952 bits per heavy atom. The van der Waals surface area contributed by atoms with E-state index < -0.39 is 15.0 Å². The first kappa shape index (κ1) is 30.7. The van der Waals surface area contributed by atoms with Gasteiger partial charge >= 0.3 is 10.1 Å². The molecule has 0 bridgehead atoms. The number of fused-ring (bicyclic) bond motifs is 1. The topological polar surface area (TPSA) is 126 Å². The highest BCUT2D eigenvalue weighted by Gasteiger charge is 2.28. The third kappa shape index (κ3) is 6.79. The molecule has 0 atom stereocenters. The maximum Gasteiger partial charge on any atom is 0.309 e. The van der Waals surface area contributed by atoms with Gasteiger partial charge in [0.1, 0.15) is 18.1 Å². The van der Waals surface area contributed by atoms with Crippen molar-refractivity contribution in [2.45, 2.75) is 46.8 Å². The van der Waals surface area contributed by atoms with E-state index in [1.807, 2.05) is 19.1 Å². The highest BCUT2D eigenvalue weighted by atomic mass is 32.2. The van der Waals surface area contributed by atoms with Crippen molar-refractivity contribution in [1.29, 1.82) is 0 Å². The number of ether oxygens (including phenoxy) is 3. The van der Waals surface area contributed by atoms with Crippen molar-refractivity contribution in [3.63, 3.8) is 0 Å². The van der Waals surface area contributed by atoms with Crippen LogP contribution in [0.4, 0.5) is 11.4 Å². The normalized spacial score (nSPS) is 14.0. The SMILES string of the molecule is COc1ccc([N+](=O)[O-])cc1OCc1c(-c2ccc(OS(=O)(=O)CC(C)C)cc2OC)ccc2c1C(C)=CC(C)(C)N2. The molecule has 0 spiro atoms. The zero-order chi connectivity index (χ0) is 30.8. The Hall–Kier alpha value is -4.25. The fourth-order valence-electron chi connectivity index (χ4n) is 5.18. The largest absolute Gasteiger partial charge is 0.496 e. The summed E-state index contributed by atoms with van der Waals surface area (Å²) in [5.41, 5.74) is 4.74. The van der Waals surface area contributed by atoms with Crippen molar-refractivity contribution >= 4 is 27.1 Å². The number of rotatable bonds is 11. The number of non-ortho nitro benzene ring substituents is 1. The Kier molecular flexibility index (Phi) is 8.72. The second-order valence-corrected chi connectivity index (χ2v) is 12.7. The minimum absolute atomic E-state index is 0.0491. The predicted octanol–water partition coefficient (Wildman–Crippen LogP) is 6.83. The summed E-state index contributed by atoms with van der Waals surface area (Å²) in [7, 11) is -0.808. The van der Waals surface area contributed by atoms with E-state index >= 15 is 0 Å². The molecule has 0 saturated carbocycles. The van der Waals surface area contributed by atoms with Crippen molar-refractivity contribution < 1.29 is 31.7 Å². The molecule has 4 rings (SSSR count). The maximum atomic E-state index is 12.5. The first-order chi connectivity index (χ1) is 19.7. The standard InChI is InChI=1S/C31H36N2O8S/c1-19(2)18-42(36,37)41-22-9-10-24(28(15-22)39-7)23-11-12-26-30(20(3)16-31(4,5)32-26)25(23)17-40-29-14-21(33(34)35)8-13-27(29)38-6/h8-16,19,32H,17-18H2,1-7H3. The Bertz CT molecular complexity index is 1640. The van der Waals surface area contributed by atoms with E-state index in [0.29, 0.717) is 17.1 Å². The number of methoxy groups -OCH3 is 2. The summed E-state index contributed by atoms with van der Waals surface area (Å²) in [6.45, 7) is 9.84. The number of benzene rings is 3. The van der Waals surface area contributed by atoms with Gasteiger partial charge in [0.15, 0.2) is 11.5 Å². The van der Waals surface area contributed by atoms with Crippen LogP contribution in [0.3, 0.4) is 0 Å². The number of hydrogen-bond acceptors (Lipinski definition) is 9. The summed E-state index contributed by atoms with van der Waals surface area (Å²) in [6, 6.07) is 13.0. The van der Waals surface area contributed by atoms with Crippen LogP contribution in [0.2, 0.25) is 0 Å². The lowest BCUT2D eigenvalue weighted by molar-refractivity contribution is -0.385. The van der Waals surface area contributed by atoms with Gasteiger partial charge < -0.3 is 23.7 Å². The first-order valence-corrected chi connectivity index (χ1v) is 15.0. The molecule has 42 heavy (non-hydrogen) atoms. The minimum atomic E-state index is -3.78. The van der Waals surface area contributed by atoms with Gasteiger partial charge in [-0.2, -0.15) is 8.42 Å². The smallest absolute Gasteiger partial charge is 0.309 e. The second kappa shape index (κ2) is 11.9. The highest BCUT2D eigenvalue weighted by Crippen LogP contribution is 2.44. The summed E-state index contributed by atoms with van der Waals surface area (Å²) >= 11 is 0. The van der Waals surface area contributed by atoms with Gasteiger partial charge in [0.2, 0.25) is 0 Å². The second-order valence-electron chi connectivity index (χ2n) is 11.1. The van der Waals surface area contributed by atoms with Crippen LogP contribution in [-0.2, 0) is 16.7 Å². The van der Waals surface area contributed by atoms with Crippen LogP contribution in [0.15, 0.2) is 54.6 Å². The van der Waals surface area contributed by atoms with Crippen LogP contribution in [0.25, 0.3) is 16.7 Å². The summed E-state index contributed by atoms with van der Waals surface area (Å²) in [5, 5.41) is 15.0. The fourth-order valence-corrected chi connectivity index (χ4v) is 6.46. The Balaban J connectivity index is 1.83. The number of nitro benzene ring substituents is 1. The molecular formula is C31H36N2O8S. The van der Waals surface area contributed by atoms with Gasteiger partial charge in [-0.25, -0.2) is 0 Å². The monoisotopic (exact) mass is 596 g/mol. The zero-order valence-electron chi connectivity index (χ0n) is 24.8. The van der Waals surface area contributed by atoms with Gasteiger partial charge in [-0.05, 0) is 62.1 Å². The maximum absolute atomic E-state index is 12.5. The third-order valence-electron chi connectivity index (χ3n) is 6.70. The first-order valence-electron chi connectivity index (χ1n) is 13.4. The Morgan fingerprint density at radius 3 is 2.29 bits per heavy atom. The van der Waals surface area contributed by atoms with Gasteiger partial charge in [0, 0.05) is 34.5 Å². The van der Waals surface area contributed by atoms with Gasteiger partial charge in [-0.1, -0.05) is 26.0 Å². The number of anilines is 1. The van der Waals surface area contributed by atoms with E-state index in [0.717, 1.165) is 28.0 Å². The number of allylic oxidation sites excluding steroid dienone is 1. The summed E-state index contributed by atoms with van der Waals surface area (Å²) < 4.78 is 47.6. The molecule has 1 heterocycles. The van der Waals surface area contributed by atoms with Crippen LogP contribution in [0, 0.1) is 16.0 Å². The van der Waals surface area contributed by atoms with Crippen LogP contribution in [-0.4, -0.2) is 38.9 Å². The Morgan fingerprint density at radius 2 is 1.64 bits per heavy atom. The molecule has 0 aromatic heterocycles. The molecule has 1 aliphatic rings. The van der Waals surface area contributed by atoms with Crippen molar-refractivity contribution in [2.75, 3.05) is 25.3 Å². The third-order valence-corrected chi connectivity index (χ3v) is 8.22. The highest BCUT2D eigenvalue weighted by molar-refractivity contribution is 7.87.